The van der Waals surface area contributed by atoms with E-state index >= 15 is 0 Å². The molecule has 0 spiro atoms. The van der Waals surface area contributed by atoms with Gasteiger partial charge in [-0.15, -0.1) is 0 Å². The van der Waals surface area contributed by atoms with Gasteiger partial charge < -0.3 is 10.1 Å². The number of carbonyl (C=O) groups excluding carboxylic acids is 1. The van der Waals surface area contributed by atoms with Gasteiger partial charge in [0.1, 0.15) is 11.5 Å². The normalized spacial score (nSPS) is 11.4. The summed E-state index contributed by atoms with van der Waals surface area (Å²) in [5.74, 6) is 1.07. The maximum atomic E-state index is 11.0. The first kappa shape index (κ1) is 15.7. The third kappa shape index (κ3) is 4.35. The van der Waals surface area contributed by atoms with E-state index < -0.39 is 0 Å². The number of ether oxygens (including phenoxy) is 1. The quantitative estimate of drug-likeness (QED) is 0.822. The third-order valence-corrected chi connectivity index (χ3v) is 3.34. The second-order valence-electron chi connectivity index (χ2n) is 5.58. The number of ketones is 1. The van der Waals surface area contributed by atoms with Gasteiger partial charge in [-0.2, -0.15) is 0 Å². The summed E-state index contributed by atoms with van der Waals surface area (Å²) in [6.45, 7) is 9.23. The molecule has 1 N–H and O–H groups in total. The van der Waals surface area contributed by atoms with Gasteiger partial charge in [0.05, 0.1) is 13.7 Å². The number of nitrogens with one attached hydrogen (secondary N) is 1. The number of methoxy groups -OCH3 is 1. The van der Waals surface area contributed by atoms with Crippen molar-refractivity contribution in [3.8, 4) is 5.75 Å². The Balaban J connectivity index is 2.94. The number of benzene rings is 1. The van der Waals surface area contributed by atoms with Crippen molar-refractivity contribution in [3.63, 3.8) is 0 Å². The van der Waals surface area contributed by atoms with Gasteiger partial charge in [-0.05, 0) is 25.0 Å². The fourth-order valence-corrected chi connectivity index (χ4v) is 2.15. The van der Waals surface area contributed by atoms with Crippen molar-refractivity contribution < 1.29 is 9.53 Å². The second kappa shape index (κ2) is 6.71. The molecule has 0 saturated carbocycles. The van der Waals surface area contributed by atoms with E-state index in [1.807, 2.05) is 6.07 Å². The van der Waals surface area contributed by atoms with Crippen molar-refractivity contribution in [2.75, 3.05) is 20.2 Å². The van der Waals surface area contributed by atoms with Gasteiger partial charge >= 0.3 is 0 Å². The highest BCUT2D eigenvalue weighted by molar-refractivity contribution is 5.77. The Morgan fingerprint density at radius 1 is 1.37 bits per heavy atom. The van der Waals surface area contributed by atoms with E-state index in [2.05, 4.69) is 38.2 Å². The molecule has 3 heteroatoms. The van der Waals surface area contributed by atoms with Gasteiger partial charge in [-0.1, -0.05) is 32.9 Å². The highest BCUT2D eigenvalue weighted by Gasteiger charge is 2.24. The van der Waals surface area contributed by atoms with E-state index in [1.165, 1.54) is 11.1 Å². The summed E-state index contributed by atoms with van der Waals surface area (Å²) in [4.78, 5) is 11.0. The van der Waals surface area contributed by atoms with Gasteiger partial charge in [-0.3, -0.25) is 4.79 Å². The number of rotatable bonds is 7. The number of aryl methyl sites for hydroxylation is 1. The molecule has 3 nitrogen and oxygen atoms in total. The molecule has 0 aliphatic rings. The first-order valence-corrected chi connectivity index (χ1v) is 6.78. The standard InChI is InChI=1S/C16H25NO2/c1-6-13-7-8-15(19-5)14(9-13)16(3,4)11-17-10-12(2)18/h7-9,17H,6,10-11H2,1-5H3. The highest BCUT2D eigenvalue weighted by atomic mass is 16.5. The van der Waals surface area contributed by atoms with Crippen molar-refractivity contribution in [3.05, 3.63) is 29.3 Å². The minimum Gasteiger partial charge on any atom is -0.496 e. The van der Waals surface area contributed by atoms with Crippen LogP contribution in [0.3, 0.4) is 0 Å². The minimum absolute atomic E-state index is 0.0774. The topological polar surface area (TPSA) is 38.3 Å². The van der Waals surface area contributed by atoms with Gasteiger partial charge in [0.2, 0.25) is 0 Å². The lowest BCUT2D eigenvalue weighted by Crippen LogP contribution is -2.35. The van der Waals surface area contributed by atoms with Crippen molar-refractivity contribution in [1.29, 1.82) is 0 Å². The summed E-state index contributed by atoms with van der Waals surface area (Å²) in [6.07, 6.45) is 1.01. The molecule has 0 aliphatic carbocycles. The molecule has 1 aromatic rings. The number of carbonyl (C=O) groups is 1. The van der Waals surface area contributed by atoms with Crippen molar-refractivity contribution in [1.82, 2.24) is 5.32 Å². The first-order chi connectivity index (χ1) is 8.90. The van der Waals surface area contributed by atoms with E-state index in [-0.39, 0.29) is 11.2 Å². The molecule has 0 heterocycles. The molecule has 0 radical (unpaired) electrons. The first-order valence-electron chi connectivity index (χ1n) is 6.78. The summed E-state index contributed by atoms with van der Waals surface area (Å²) in [5, 5.41) is 3.21. The van der Waals surface area contributed by atoms with E-state index in [9.17, 15) is 4.79 Å². The Hall–Kier alpha value is -1.35. The highest BCUT2D eigenvalue weighted by Crippen LogP contribution is 2.32. The summed E-state index contributed by atoms with van der Waals surface area (Å²) in [5.41, 5.74) is 2.41. The Bertz CT molecular complexity index is 438. The van der Waals surface area contributed by atoms with E-state index in [1.54, 1.807) is 14.0 Å². The second-order valence-corrected chi connectivity index (χ2v) is 5.58. The summed E-state index contributed by atoms with van der Waals surface area (Å²) in [7, 11) is 1.70. The van der Waals surface area contributed by atoms with E-state index in [0.717, 1.165) is 18.7 Å². The fraction of sp³-hybridized carbons (Fsp3) is 0.562. The molecule has 0 atom stereocenters. The largest absolute Gasteiger partial charge is 0.496 e. The molecule has 0 aliphatic heterocycles. The Labute approximate surface area is 116 Å². The van der Waals surface area contributed by atoms with Crippen molar-refractivity contribution in [2.45, 2.75) is 39.5 Å². The lowest BCUT2D eigenvalue weighted by atomic mass is 9.82. The predicted molar refractivity (Wildman–Crippen MR) is 78.9 cm³/mol. The molecular formula is C16H25NO2. The molecule has 0 bridgehead atoms. The van der Waals surface area contributed by atoms with Crippen LogP contribution in [0.2, 0.25) is 0 Å². The fourth-order valence-electron chi connectivity index (χ4n) is 2.15. The van der Waals surface area contributed by atoms with Crippen LogP contribution >= 0.6 is 0 Å². The molecular weight excluding hydrogens is 238 g/mol. The zero-order chi connectivity index (χ0) is 14.5. The summed E-state index contributed by atoms with van der Waals surface area (Å²) < 4.78 is 5.46. The average Bonchev–Trinajstić information content (AvgIpc) is 2.37. The van der Waals surface area contributed by atoms with Crippen LogP contribution in [0.5, 0.6) is 5.75 Å². The number of hydrogen-bond donors (Lipinski definition) is 1. The smallest absolute Gasteiger partial charge is 0.143 e. The molecule has 1 rings (SSSR count). The Morgan fingerprint density at radius 3 is 2.58 bits per heavy atom. The van der Waals surface area contributed by atoms with Crippen molar-refractivity contribution >= 4 is 5.78 Å². The molecule has 0 fully saturated rings. The SMILES string of the molecule is CCc1ccc(OC)c(C(C)(C)CNCC(C)=O)c1. The van der Waals surface area contributed by atoms with Gasteiger partial charge in [0.15, 0.2) is 0 Å². The van der Waals surface area contributed by atoms with Gasteiger partial charge in [0, 0.05) is 17.5 Å². The zero-order valence-corrected chi connectivity index (χ0v) is 12.7. The molecule has 0 saturated heterocycles. The van der Waals surface area contributed by atoms with Crippen LogP contribution in [-0.4, -0.2) is 26.0 Å². The molecule has 1 aromatic carbocycles. The van der Waals surface area contributed by atoms with Gasteiger partial charge in [0.25, 0.3) is 0 Å². The monoisotopic (exact) mass is 263 g/mol. The molecule has 0 aromatic heterocycles. The molecule has 106 valence electrons. The van der Waals surface area contributed by atoms with Gasteiger partial charge in [-0.25, -0.2) is 0 Å². The molecule has 19 heavy (non-hydrogen) atoms. The zero-order valence-electron chi connectivity index (χ0n) is 12.7. The van der Waals surface area contributed by atoms with E-state index in [0.29, 0.717) is 6.54 Å². The van der Waals surface area contributed by atoms with E-state index in [4.69, 9.17) is 4.74 Å². The Morgan fingerprint density at radius 2 is 2.05 bits per heavy atom. The minimum atomic E-state index is -0.0774. The van der Waals surface area contributed by atoms with Crippen LogP contribution in [0.1, 0.15) is 38.8 Å². The number of Topliss-reactive ketones (excluding diaryl/α,β-unsaturated/α-hetero) is 1. The lowest BCUT2D eigenvalue weighted by Gasteiger charge is -2.28. The van der Waals surface area contributed by atoms with Crippen molar-refractivity contribution in [2.24, 2.45) is 0 Å². The maximum absolute atomic E-state index is 11.0. The van der Waals surface area contributed by atoms with Crippen LogP contribution in [0.15, 0.2) is 18.2 Å². The van der Waals surface area contributed by atoms with Crippen LogP contribution in [0.25, 0.3) is 0 Å². The summed E-state index contributed by atoms with van der Waals surface area (Å²) >= 11 is 0. The maximum Gasteiger partial charge on any atom is 0.143 e. The summed E-state index contributed by atoms with van der Waals surface area (Å²) in [6, 6.07) is 6.33. The van der Waals surface area contributed by atoms with Crippen LogP contribution in [-0.2, 0) is 16.6 Å². The van der Waals surface area contributed by atoms with Crippen LogP contribution in [0.4, 0.5) is 0 Å². The average molecular weight is 263 g/mol. The lowest BCUT2D eigenvalue weighted by molar-refractivity contribution is -0.116. The van der Waals surface area contributed by atoms with Crippen LogP contribution < -0.4 is 10.1 Å². The number of hydrogen-bond acceptors (Lipinski definition) is 3. The molecule has 0 unspecified atom stereocenters. The predicted octanol–water partition coefficient (Wildman–Crippen LogP) is 2.71. The Kier molecular flexibility index (Phi) is 5.55. The van der Waals surface area contributed by atoms with Crippen LogP contribution in [0, 0.1) is 0 Å². The third-order valence-electron chi connectivity index (χ3n) is 3.34. The molecule has 0 amide bonds.